The number of hydrogen-bond acceptors (Lipinski definition) is 4. The number of halogens is 1. The molecule has 2 rings (SSSR count). The van der Waals surface area contributed by atoms with Crippen molar-refractivity contribution in [3.8, 4) is 11.5 Å². The van der Waals surface area contributed by atoms with Gasteiger partial charge in [-0.25, -0.2) is 0 Å². The van der Waals surface area contributed by atoms with Crippen LogP contribution < -0.4 is 15.4 Å². The Morgan fingerprint density at radius 3 is 2.31 bits per heavy atom. The van der Waals surface area contributed by atoms with Crippen LogP contribution in [0.4, 0.5) is 5.69 Å². The lowest BCUT2D eigenvalue weighted by Crippen LogP contribution is -2.47. The fourth-order valence-electron chi connectivity index (χ4n) is 2.35. The van der Waals surface area contributed by atoms with E-state index in [1.807, 2.05) is 13.8 Å². The van der Waals surface area contributed by atoms with Gasteiger partial charge in [-0.05, 0) is 42.3 Å². The molecule has 0 bridgehead atoms. The molecule has 0 saturated heterocycles. The van der Waals surface area contributed by atoms with Gasteiger partial charge in [0, 0.05) is 21.8 Å². The maximum Gasteiger partial charge on any atom is 0.251 e. The Labute approximate surface area is 160 Å². The van der Waals surface area contributed by atoms with Crippen LogP contribution in [0.15, 0.2) is 46.9 Å². The van der Waals surface area contributed by atoms with Gasteiger partial charge in [-0.2, -0.15) is 0 Å². The standard InChI is InChI=1S/C19H21BrN2O4/c1-11(2)17(22-18(24)12-4-6-13(20)7-5-12)19(25)21-14-8-9-16(26-3)15(23)10-14/h4-11,17,23H,1-3H3,(H,21,25)(H,22,24)/t17-/m1/s1. The largest absolute Gasteiger partial charge is 0.504 e. The van der Waals surface area contributed by atoms with E-state index in [4.69, 9.17) is 4.74 Å². The Morgan fingerprint density at radius 1 is 1.12 bits per heavy atom. The highest BCUT2D eigenvalue weighted by Gasteiger charge is 2.25. The van der Waals surface area contributed by atoms with Gasteiger partial charge in [0.25, 0.3) is 5.91 Å². The Balaban J connectivity index is 2.10. The van der Waals surface area contributed by atoms with E-state index in [9.17, 15) is 14.7 Å². The van der Waals surface area contributed by atoms with Gasteiger partial charge in [-0.15, -0.1) is 0 Å². The summed E-state index contributed by atoms with van der Waals surface area (Å²) in [5.74, 6) is -0.586. The monoisotopic (exact) mass is 420 g/mol. The molecule has 0 aliphatic rings. The van der Waals surface area contributed by atoms with Crippen LogP contribution >= 0.6 is 15.9 Å². The molecule has 3 N–H and O–H groups in total. The zero-order valence-electron chi connectivity index (χ0n) is 14.7. The van der Waals surface area contributed by atoms with Gasteiger partial charge in [-0.1, -0.05) is 29.8 Å². The number of phenolic OH excluding ortho intramolecular Hbond substituents is 1. The van der Waals surface area contributed by atoms with Crippen LogP contribution in [0.1, 0.15) is 24.2 Å². The van der Waals surface area contributed by atoms with E-state index < -0.39 is 6.04 Å². The third-order valence-electron chi connectivity index (χ3n) is 3.79. The number of nitrogens with one attached hydrogen (secondary N) is 2. The van der Waals surface area contributed by atoms with Gasteiger partial charge in [-0.3, -0.25) is 9.59 Å². The van der Waals surface area contributed by atoms with E-state index in [0.717, 1.165) is 4.47 Å². The first-order chi connectivity index (χ1) is 12.3. The van der Waals surface area contributed by atoms with Crippen molar-refractivity contribution in [1.82, 2.24) is 5.32 Å². The first kappa shape index (κ1) is 19.8. The van der Waals surface area contributed by atoms with Gasteiger partial charge in [0.1, 0.15) is 6.04 Å². The summed E-state index contributed by atoms with van der Waals surface area (Å²) in [5.41, 5.74) is 0.880. The normalized spacial score (nSPS) is 11.7. The molecule has 138 valence electrons. The smallest absolute Gasteiger partial charge is 0.251 e. The van der Waals surface area contributed by atoms with E-state index in [1.165, 1.54) is 13.2 Å². The molecule has 0 aliphatic carbocycles. The molecule has 0 fully saturated rings. The summed E-state index contributed by atoms with van der Waals surface area (Å²) in [6, 6.07) is 10.7. The molecule has 0 aliphatic heterocycles. The minimum atomic E-state index is -0.726. The molecule has 0 saturated carbocycles. The molecule has 6 nitrogen and oxygen atoms in total. The van der Waals surface area contributed by atoms with Crippen molar-refractivity contribution in [2.45, 2.75) is 19.9 Å². The molecular formula is C19H21BrN2O4. The average Bonchev–Trinajstić information content (AvgIpc) is 2.59. The van der Waals surface area contributed by atoms with Crippen molar-refractivity contribution < 1.29 is 19.4 Å². The minimum Gasteiger partial charge on any atom is -0.504 e. The lowest BCUT2D eigenvalue weighted by atomic mass is 10.0. The van der Waals surface area contributed by atoms with Crippen LogP contribution in [0.5, 0.6) is 11.5 Å². The Hall–Kier alpha value is -2.54. The Morgan fingerprint density at radius 2 is 1.77 bits per heavy atom. The van der Waals surface area contributed by atoms with Crippen LogP contribution in [-0.2, 0) is 4.79 Å². The quantitative estimate of drug-likeness (QED) is 0.666. The van der Waals surface area contributed by atoms with Crippen molar-refractivity contribution in [3.05, 3.63) is 52.5 Å². The number of rotatable bonds is 6. The summed E-state index contributed by atoms with van der Waals surface area (Å²) in [4.78, 5) is 25.0. The summed E-state index contributed by atoms with van der Waals surface area (Å²) in [7, 11) is 1.44. The second-order valence-electron chi connectivity index (χ2n) is 6.08. The average molecular weight is 421 g/mol. The molecule has 2 amide bonds. The predicted octanol–water partition coefficient (Wildman–Crippen LogP) is 3.56. The maximum absolute atomic E-state index is 12.6. The zero-order valence-corrected chi connectivity index (χ0v) is 16.3. The molecule has 0 spiro atoms. The van der Waals surface area contributed by atoms with Crippen molar-refractivity contribution in [2.24, 2.45) is 5.92 Å². The van der Waals surface area contributed by atoms with E-state index in [1.54, 1.807) is 36.4 Å². The number of hydrogen-bond donors (Lipinski definition) is 3. The van der Waals surface area contributed by atoms with Gasteiger partial charge >= 0.3 is 0 Å². The highest BCUT2D eigenvalue weighted by molar-refractivity contribution is 9.10. The molecule has 0 aromatic heterocycles. The summed E-state index contributed by atoms with van der Waals surface area (Å²) >= 11 is 3.32. The Kier molecular flexibility index (Phi) is 6.63. The summed E-state index contributed by atoms with van der Waals surface area (Å²) in [5, 5.41) is 15.3. The van der Waals surface area contributed by atoms with Crippen molar-refractivity contribution in [1.29, 1.82) is 0 Å². The first-order valence-corrected chi connectivity index (χ1v) is 8.85. The van der Waals surface area contributed by atoms with Crippen LogP contribution in [0.2, 0.25) is 0 Å². The second kappa shape index (κ2) is 8.71. The maximum atomic E-state index is 12.6. The van der Waals surface area contributed by atoms with Crippen LogP contribution in [0, 0.1) is 5.92 Å². The van der Waals surface area contributed by atoms with Crippen molar-refractivity contribution >= 4 is 33.4 Å². The van der Waals surface area contributed by atoms with Gasteiger partial charge in [0.05, 0.1) is 7.11 Å². The highest BCUT2D eigenvalue weighted by Crippen LogP contribution is 2.28. The number of carbonyl (C=O) groups excluding carboxylic acids is 2. The molecule has 7 heteroatoms. The first-order valence-electron chi connectivity index (χ1n) is 8.06. The van der Waals surface area contributed by atoms with E-state index >= 15 is 0 Å². The summed E-state index contributed by atoms with van der Waals surface area (Å²) < 4.78 is 5.84. The molecule has 2 aromatic carbocycles. The highest BCUT2D eigenvalue weighted by atomic mass is 79.9. The number of benzene rings is 2. The molecular weight excluding hydrogens is 400 g/mol. The third kappa shape index (κ3) is 4.98. The van der Waals surface area contributed by atoms with E-state index in [-0.39, 0.29) is 23.5 Å². The molecule has 2 aromatic rings. The second-order valence-corrected chi connectivity index (χ2v) is 6.99. The fourth-order valence-corrected chi connectivity index (χ4v) is 2.61. The minimum absolute atomic E-state index is 0.0784. The van der Waals surface area contributed by atoms with Gasteiger partial charge < -0.3 is 20.5 Å². The van der Waals surface area contributed by atoms with Crippen molar-refractivity contribution in [3.63, 3.8) is 0 Å². The number of phenols is 1. The Bertz CT molecular complexity index is 791. The number of carbonyl (C=O) groups is 2. The molecule has 0 unspecified atom stereocenters. The SMILES string of the molecule is COc1ccc(NC(=O)[C@H](NC(=O)c2ccc(Br)cc2)C(C)C)cc1O. The summed E-state index contributed by atoms with van der Waals surface area (Å²) in [6.07, 6.45) is 0. The number of anilines is 1. The number of ether oxygens (including phenoxy) is 1. The lowest BCUT2D eigenvalue weighted by Gasteiger charge is -2.22. The van der Waals surface area contributed by atoms with E-state index in [0.29, 0.717) is 17.0 Å². The third-order valence-corrected chi connectivity index (χ3v) is 4.32. The number of aromatic hydroxyl groups is 1. The van der Waals surface area contributed by atoms with Gasteiger partial charge in [0.15, 0.2) is 11.5 Å². The van der Waals surface area contributed by atoms with Gasteiger partial charge in [0.2, 0.25) is 5.91 Å². The van der Waals surface area contributed by atoms with E-state index in [2.05, 4.69) is 26.6 Å². The molecule has 26 heavy (non-hydrogen) atoms. The fraction of sp³-hybridized carbons (Fsp3) is 0.263. The molecule has 0 heterocycles. The molecule has 0 radical (unpaired) electrons. The summed E-state index contributed by atoms with van der Waals surface area (Å²) in [6.45, 7) is 3.69. The van der Waals surface area contributed by atoms with Crippen LogP contribution in [0.3, 0.4) is 0 Å². The zero-order chi connectivity index (χ0) is 19.3. The van der Waals surface area contributed by atoms with Crippen molar-refractivity contribution in [2.75, 3.05) is 12.4 Å². The number of amides is 2. The number of methoxy groups -OCH3 is 1. The van der Waals surface area contributed by atoms with Crippen LogP contribution in [0.25, 0.3) is 0 Å². The molecule has 1 atom stereocenters. The van der Waals surface area contributed by atoms with Crippen LogP contribution in [-0.4, -0.2) is 30.1 Å². The lowest BCUT2D eigenvalue weighted by molar-refractivity contribution is -0.118. The topological polar surface area (TPSA) is 87.7 Å². The predicted molar refractivity (Wildman–Crippen MR) is 104 cm³/mol.